The van der Waals surface area contributed by atoms with Crippen LogP contribution in [0.2, 0.25) is 0 Å². The topological polar surface area (TPSA) is 103 Å². The Morgan fingerprint density at radius 3 is 2.48 bits per heavy atom. The first-order valence-electron chi connectivity index (χ1n) is 9.96. The number of hydrogen-bond donors (Lipinski definition) is 1. The Morgan fingerprint density at radius 1 is 1.00 bits per heavy atom. The highest BCUT2D eigenvalue weighted by Gasteiger charge is 2.28. The molecular weight excluding hydrogens is 424 g/mol. The van der Waals surface area contributed by atoms with Gasteiger partial charge in [-0.05, 0) is 30.3 Å². The van der Waals surface area contributed by atoms with E-state index in [1.54, 1.807) is 18.2 Å². The third-order valence-corrected chi connectivity index (χ3v) is 6.92. The lowest BCUT2D eigenvalue weighted by atomic mass is 10.1. The van der Waals surface area contributed by atoms with Gasteiger partial charge in [0, 0.05) is 31.3 Å². The third kappa shape index (κ3) is 4.60. The maximum Gasteiger partial charge on any atom is 0.259 e. The van der Waals surface area contributed by atoms with E-state index in [2.05, 4.69) is 5.32 Å². The molecular formula is C21H24N2O7S. The van der Waals surface area contributed by atoms with Gasteiger partial charge in [-0.2, -0.15) is 4.31 Å². The first kappa shape index (κ1) is 21.4. The fourth-order valence-electron chi connectivity index (χ4n) is 3.40. The van der Waals surface area contributed by atoms with Gasteiger partial charge in [0.25, 0.3) is 5.91 Å². The molecule has 0 radical (unpaired) electrons. The van der Waals surface area contributed by atoms with Crippen LogP contribution in [0.3, 0.4) is 0 Å². The monoisotopic (exact) mass is 448 g/mol. The van der Waals surface area contributed by atoms with E-state index in [0.29, 0.717) is 43.6 Å². The fraction of sp³-hybridized carbons (Fsp3) is 0.381. The molecule has 4 rings (SSSR count). The zero-order chi connectivity index (χ0) is 21.8. The first-order valence-corrected chi connectivity index (χ1v) is 11.4. The van der Waals surface area contributed by atoms with Gasteiger partial charge < -0.3 is 24.3 Å². The van der Waals surface area contributed by atoms with Crippen LogP contribution < -0.4 is 19.5 Å². The summed E-state index contributed by atoms with van der Waals surface area (Å²) in [6.07, 6.45) is 0.776. The van der Waals surface area contributed by atoms with Gasteiger partial charge in [-0.25, -0.2) is 8.42 Å². The van der Waals surface area contributed by atoms with Crippen molar-refractivity contribution < 1.29 is 32.2 Å². The molecule has 0 saturated carbocycles. The van der Waals surface area contributed by atoms with Crippen LogP contribution in [0.1, 0.15) is 16.8 Å². The molecule has 31 heavy (non-hydrogen) atoms. The number of anilines is 1. The number of carbonyl (C=O) groups is 1. The number of carbonyl (C=O) groups excluding carboxylic acids is 1. The quantitative estimate of drug-likeness (QED) is 0.747. The number of amides is 1. The van der Waals surface area contributed by atoms with Gasteiger partial charge in [0.1, 0.15) is 5.75 Å². The van der Waals surface area contributed by atoms with Gasteiger partial charge in [0.15, 0.2) is 11.5 Å². The molecule has 1 saturated heterocycles. The van der Waals surface area contributed by atoms with Crippen LogP contribution >= 0.6 is 0 Å². The molecule has 0 unspecified atom stereocenters. The minimum atomic E-state index is -3.75. The number of nitrogens with one attached hydrogen (secondary N) is 1. The number of sulfonamides is 1. The second-order valence-corrected chi connectivity index (χ2v) is 8.98. The Balaban J connectivity index is 1.60. The molecule has 2 heterocycles. The highest BCUT2D eigenvalue weighted by molar-refractivity contribution is 7.89. The van der Waals surface area contributed by atoms with Crippen molar-refractivity contribution in [3.63, 3.8) is 0 Å². The lowest BCUT2D eigenvalue weighted by Crippen LogP contribution is -2.40. The third-order valence-electron chi connectivity index (χ3n) is 5.03. The molecule has 0 spiro atoms. The van der Waals surface area contributed by atoms with E-state index in [4.69, 9.17) is 18.9 Å². The summed E-state index contributed by atoms with van der Waals surface area (Å²) in [6, 6.07) is 9.37. The molecule has 2 aromatic carbocycles. The second kappa shape index (κ2) is 9.13. The van der Waals surface area contributed by atoms with Crippen molar-refractivity contribution in [3.05, 3.63) is 42.0 Å². The summed E-state index contributed by atoms with van der Waals surface area (Å²) >= 11 is 0. The van der Waals surface area contributed by atoms with Crippen molar-refractivity contribution in [2.24, 2.45) is 0 Å². The molecule has 0 aromatic heterocycles. The van der Waals surface area contributed by atoms with E-state index in [0.717, 1.165) is 6.42 Å². The Morgan fingerprint density at radius 2 is 1.74 bits per heavy atom. The van der Waals surface area contributed by atoms with E-state index in [-0.39, 0.29) is 29.3 Å². The van der Waals surface area contributed by atoms with Gasteiger partial charge in [0.05, 0.1) is 44.0 Å². The van der Waals surface area contributed by atoms with Gasteiger partial charge in [-0.3, -0.25) is 4.79 Å². The summed E-state index contributed by atoms with van der Waals surface area (Å²) in [5.74, 6) is 0.940. The number of methoxy groups -OCH3 is 1. The molecule has 2 aliphatic heterocycles. The van der Waals surface area contributed by atoms with Gasteiger partial charge in [0.2, 0.25) is 10.0 Å². The number of hydrogen-bond acceptors (Lipinski definition) is 7. The fourth-order valence-corrected chi connectivity index (χ4v) is 4.84. The Kier molecular flexibility index (Phi) is 6.30. The van der Waals surface area contributed by atoms with Crippen LogP contribution in [0, 0.1) is 0 Å². The predicted octanol–water partition coefficient (Wildman–Crippen LogP) is 2.13. The molecule has 9 nitrogen and oxygen atoms in total. The van der Waals surface area contributed by atoms with Crippen molar-refractivity contribution in [1.82, 2.24) is 4.31 Å². The van der Waals surface area contributed by atoms with E-state index in [9.17, 15) is 13.2 Å². The summed E-state index contributed by atoms with van der Waals surface area (Å²) in [5, 5.41) is 2.78. The summed E-state index contributed by atoms with van der Waals surface area (Å²) in [4.78, 5) is 13.0. The summed E-state index contributed by atoms with van der Waals surface area (Å²) < 4.78 is 49.1. The highest BCUT2D eigenvalue weighted by Crippen LogP contribution is 2.33. The van der Waals surface area contributed by atoms with Gasteiger partial charge in [-0.15, -0.1) is 0 Å². The van der Waals surface area contributed by atoms with Crippen molar-refractivity contribution >= 4 is 21.6 Å². The van der Waals surface area contributed by atoms with Gasteiger partial charge in [-0.1, -0.05) is 0 Å². The Bertz CT molecular complexity index is 1070. The largest absolute Gasteiger partial charge is 0.496 e. The van der Waals surface area contributed by atoms with Crippen molar-refractivity contribution in [2.75, 3.05) is 51.9 Å². The summed E-state index contributed by atoms with van der Waals surface area (Å²) in [5.41, 5.74) is 0.613. The summed E-state index contributed by atoms with van der Waals surface area (Å²) in [7, 11) is -2.32. The molecule has 1 N–H and O–H groups in total. The highest BCUT2D eigenvalue weighted by atomic mass is 32.2. The van der Waals surface area contributed by atoms with E-state index in [1.165, 1.54) is 29.6 Å². The van der Waals surface area contributed by atoms with Crippen LogP contribution in [0.15, 0.2) is 41.3 Å². The average Bonchev–Trinajstić information content (AvgIpc) is 3.04. The lowest BCUT2D eigenvalue weighted by molar-refractivity contribution is 0.0730. The number of rotatable bonds is 5. The maximum atomic E-state index is 13.0. The SMILES string of the molecule is COc1ccc(S(=O)(=O)N2CCOCC2)cc1C(=O)Nc1ccc2c(c1)OCCCO2. The standard InChI is InChI=1S/C21H24N2O7S/c1-27-18-6-4-16(31(25,26)23-7-11-28-12-8-23)14-17(18)21(24)22-15-3-5-19-20(13-15)30-10-2-9-29-19/h3-6,13-14H,2,7-12H2,1H3,(H,22,24). The minimum absolute atomic E-state index is 0.0269. The Hall–Kier alpha value is -2.82. The normalized spacial score (nSPS) is 16.9. The van der Waals surface area contributed by atoms with Crippen molar-refractivity contribution in [1.29, 1.82) is 0 Å². The molecule has 2 aliphatic rings. The minimum Gasteiger partial charge on any atom is -0.496 e. The number of benzene rings is 2. The number of ether oxygens (including phenoxy) is 4. The predicted molar refractivity (Wildman–Crippen MR) is 113 cm³/mol. The molecule has 0 bridgehead atoms. The van der Waals surface area contributed by atoms with E-state index < -0.39 is 15.9 Å². The lowest BCUT2D eigenvalue weighted by Gasteiger charge is -2.26. The van der Waals surface area contributed by atoms with E-state index in [1.807, 2.05) is 0 Å². The molecule has 1 amide bonds. The zero-order valence-corrected chi connectivity index (χ0v) is 17.9. The molecule has 0 atom stereocenters. The molecule has 166 valence electrons. The number of fused-ring (bicyclic) bond motifs is 1. The van der Waals surface area contributed by atoms with Crippen LogP contribution in [-0.2, 0) is 14.8 Å². The van der Waals surface area contributed by atoms with Crippen LogP contribution in [0.4, 0.5) is 5.69 Å². The number of morpholine rings is 1. The van der Waals surface area contributed by atoms with Crippen LogP contribution in [-0.4, -0.2) is 65.3 Å². The van der Waals surface area contributed by atoms with Crippen LogP contribution in [0.25, 0.3) is 0 Å². The number of nitrogens with zero attached hydrogens (tertiary/aromatic N) is 1. The van der Waals surface area contributed by atoms with Crippen molar-refractivity contribution in [2.45, 2.75) is 11.3 Å². The molecule has 10 heteroatoms. The maximum absolute atomic E-state index is 13.0. The zero-order valence-electron chi connectivity index (χ0n) is 17.1. The van der Waals surface area contributed by atoms with Gasteiger partial charge >= 0.3 is 0 Å². The molecule has 2 aromatic rings. The Labute approximate surface area is 180 Å². The smallest absolute Gasteiger partial charge is 0.259 e. The first-order chi connectivity index (χ1) is 15.0. The van der Waals surface area contributed by atoms with E-state index >= 15 is 0 Å². The van der Waals surface area contributed by atoms with Crippen molar-refractivity contribution in [3.8, 4) is 17.2 Å². The summed E-state index contributed by atoms with van der Waals surface area (Å²) in [6.45, 7) is 2.32. The molecule has 1 fully saturated rings. The second-order valence-electron chi connectivity index (χ2n) is 7.04. The average molecular weight is 448 g/mol. The van der Waals surface area contributed by atoms with Crippen LogP contribution in [0.5, 0.6) is 17.2 Å². The molecule has 0 aliphatic carbocycles.